The molecule has 0 aliphatic carbocycles. The van der Waals surface area contributed by atoms with Crippen molar-refractivity contribution in [1.82, 2.24) is 9.80 Å². The Bertz CT molecular complexity index is 2610. The summed E-state index contributed by atoms with van der Waals surface area (Å²) in [6.07, 6.45) is 12.9. The summed E-state index contributed by atoms with van der Waals surface area (Å²) in [6.45, 7) is 22.4. The molecule has 1 aromatic carbocycles. The molecule has 4 fully saturated rings. The minimum absolute atomic E-state index is 0.0760. The third-order valence-electron chi connectivity index (χ3n) is 18.8. The van der Waals surface area contributed by atoms with Gasteiger partial charge in [-0.25, -0.2) is 4.18 Å². The van der Waals surface area contributed by atoms with Crippen molar-refractivity contribution < 1.29 is 99.4 Å². The molecule has 6 rings (SSSR count). The number of ether oxygens (including phenoxy) is 9. The molecule has 1 aromatic rings. The van der Waals surface area contributed by atoms with Gasteiger partial charge in [-0.1, -0.05) is 124 Å². The maximum Gasteiger partial charge on any atom is 0.397 e. The van der Waals surface area contributed by atoms with Crippen LogP contribution in [0.25, 0.3) is 6.08 Å². The van der Waals surface area contributed by atoms with Crippen LogP contribution in [0.2, 0.25) is 0 Å². The first kappa shape index (κ1) is 81.3. The molecule has 0 radical (unpaired) electrons. The van der Waals surface area contributed by atoms with Gasteiger partial charge in [-0.05, 0) is 118 Å². The molecule has 4 saturated heterocycles. The first-order valence-electron chi connectivity index (χ1n) is 34.0. The van der Waals surface area contributed by atoms with Crippen LogP contribution in [0.1, 0.15) is 204 Å². The fourth-order valence-electron chi connectivity index (χ4n) is 13.1. The Morgan fingerprint density at radius 3 is 2.00 bits per heavy atom. The number of carbonyl (C=O) groups is 4. The van der Waals surface area contributed by atoms with E-state index < -0.39 is 124 Å². The number of unbranched alkanes of at least 4 members (excludes halogenated alkanes) is 9. The number of hydrogen-bond donors (Lipinski definition) is 5. The van der Waals surface area contributed by atoms with E-state index in [9.17, 15) is 48.0 Å². The average molecular weight is 1340 g/mol. The lowest BCUT2D eigenvalue weighted by Crippen LogP contribution is -2.61. The smallest absolute Gasteiger partial charge is 0.397 e. The van der Waals surface area contributed by atoms with Gasteiger partial charge in [0.15, 0.2) is 30.2 Å². The molecule has 0 spiro atoms. The van der Waals surface area contributed by atoms with Gasteiger partial charge in [-0.3, -0.25) is 23.7 Å². The number of methoxy groups -OCH3 is 1. The van der Waals surface area contributed by atoms with Crippen LogP contribution in [0.15, 0.2) is 36.4 Å². The summed E-state index contributed by atoms with van der Waals surface area (Å²) in [7, 11) is 0.973. The lowest BCUT2D eigenvalue weighted by atomic mass is 9.74. The van der Waals surface area contributed by atoms with Gasteiger partial charge in [-0.2, -0.15) is 8.42 Å². The van der Waals surface area contributed by atoms with Gasteiger partial charge in [0.05, 0.1) is 60.3 Å². The zero-order valence-electron chi connectivity index (χ0n) is 58.3. The predicted octanol–water partition coefficient (Wildman–Crippen LogP) is 9.47. The summed E-state index contributed by atoms with van der Waals surface area (Å²) >= 11 is 0. The SMILES string of the molecule is CCC(=O)OC1C(OC2C(C)C(OC3CC(C)(OC)C(O)C(C)O3)C(C)C(=O)OC(CC)C(C)(O)C(O)C(C)C(=O)C(C)CC2(C)O)OC(C)CC1N(C)C.CCCCCCCCCCCCOS(=O)(=O)O.O=C(C=CC=Cc1ccc2c(c1)OCO2)N1CCCCC1. The maximum atomic E-state index is 14.2. The quantitative estimate of drug-likeness (QED) is 0.0211. The second kappa shape index (κ2) is 38.7. The van der Waals surface area contributed by atoms with Crippen LogP contribution in [-0.2, 0) is 66.9 Å². The highest BCUT2D eigenvalue weighted by Gasteiger charge is 2.54. The first-order chi connectivity index (χ1) is 43.7. The highest BCUT2D eigenvalue weighted by atomic mass is 32.3. The second-order valence-corrected chi connectivity index (χ2v) is 28.0. The van der Waals surface area contributed by atoms with Crippen molar-refractivity contribution in [3.8, 4) is 11.5 Å². The largest absolute Gasteiger partial charge is 0.459 e. The van der Waals surface area contributed by atoms with Gasteiger partial charge in [-0.15, -0.1) is 0 Å². The molecule has 1 amide bonds. The number of hydrogen-bond acceptors (Lipinski definition) is 21. The van der Waals surface area contributed by atoms with Crippen LogP contribution in [0.5, 0.6) is 11.5 Å². The molecular formula is C69H116N2O21S. The monoisotopic (exact) mass is 1340 g/mol. The van der Waals surface area contributed by atoms with E-state index >= 15 is 0 Å². The summed E-state index contributed by atoms with van der Waals surface area (Å²) in [5.74, 6) is -3.94. The third-order valence-corrected chi connectivity index (χ3v) is 19.2. The van der Waals surface area contributed by atoms with Crippen LogP contribution in [0.4, 0.5) is 0 Å². The number of piperidine rings is 1. The number of ketones is 1. The number of carbonyl (C=O) groups excluding carboxylic acids is 4. The fraction of sp³-hybridized carbons (Fsp3) is 0.797. The van der Waals surface area contributed by atoms with Crippen LogP contribution in [0.3, 0.4) is 0 Å². The molecule has 0 aromatic heterocycles. The minimum atomic E-state index is -4.23. The lowest BCUT2D eigenvalue weighted by Gasteiger charge is -2.49. The van der Waals surface area contributed by atoms with Gasteiger partial charge in [0.2, 0.25) is 12.7 Å². The number of fused-ring (bicyclic) bond motifs is 1. The first-order valence-corrected chi connectivity index (χ1v) is 35.3. The summed E-state index contributed by atoms with van der Waals surface area (Å²) in [6, 6.07) is 5.47. The van der Waals surface area contributed by atoms with Gasteiger partial charge < -0.3 is 72.9 Å². The fourth-order valence-corrected chi connectivity index (χ4v) is 13.4. The van der Waals surface area contributed by atoms with Crippen LogP contribution >= 0.6 is 0 Å². The van der Waals surface area contributed by atoms with Gasteiger partial charge in [0.25, 0.3) is 0 Å². The van der Waals surface area contributed by atoms with Crippen molar-refractivity contribution in [2.24, 2.45) is 23.7 Å². The van der Waals surface area contributed by atoms with Crippen molar-refractivity contribution in [2.45, 2.75) is 283 Å². The van der Waals surface area contributed by atoms with E-state index in [1.54, 1.807) is 60.6 Å². The summed E-state index contributed by atoms with van der Waals surface area (Å²) in [5.41, 5.74) is -3.90. The van der Waals surface area contributed by atoms with E-state index in [-0.39, 0.29) is 57.1 Å². The Balaban J connectivity index is 0.000000390. The normalized spacial score (nSPS) is 33.9. The molecule has 5 aliphatic rings. The summed E-state index contributed by atoms with van der Waals surface area (Å²) in [5, 5.41) is 46.6. The number of likely N-dealkylation sites (tertiary alicyclic amines) is 1. The molecule has 5 heterocycles. The molecule has 24 heteroatoms. The van der Waals surface area contributed by atoms with Crippen LogP contribution in [-0.4, -0.2) is 199 Å². The van der Waals surface area contributed by atoms with E-state index in [1.165, 1.54) is 79.2 Å². The number of rotatable bonds is 24. The number of allylic oxidation sites excluding steroid dienone is 2. The Morgan fingerprint density at radius 2 is 1.41 bits per heavy atom. The predicted molar refractivity (Wildman–Crippen MR) is 351 cm³/mol. The molecule has 5 aliphatic heterocycles. The highest BCUT2D eigenvalue weighted by molar-refractivity contribution is 7.80. The Morgan fingerprint density at radius 1 is 0.785 bits per heavy atom. The second-order valence-electron chi connectivity index (χ2n) is 26.9. The number of likely N-dealkylation sites (N-methyl/N-ethyl adjacent to an activating group) is 1. The van der Waals surface area contributed by atoms with Gasteiger partial charge in [0.1, 0.15) is 23.6 Å². The Hall–Kier alpha value is -4.15. The number of aliphatic hydroxyl groups is 4. The number of Topliss-reactive ketones (excluding diaryl/α,β-unsaturated/α-hetero) is 1. The molecule has 18 atom stereocenters. The minimum Gasteiger partial charge on any atom is -0.459 e. The molecule has 0 bridgehead atoms. The Labute approximate surface area is 554 Å². The Kier molecular flexibility index (Phi) is 33.8. The van der Waals surface area contributed by atoms with E-state index in [0.717, 1.165) is 55.8 Å². The molecule has 5 N–H and O–H groups in total. The van der Waals surface area contributed by atoms with Crippen molar-refractivity contribution in [3.63, 3.8) is 0 Å². The van der Waals surface area contributed by atoms with Crippen molar-refractivity contribution >= 4 is 40.1 Å². The molecule has 0 saturated carbocycles. The lowest BCUT2D eigenvalue weighted by molar-refractivity contribution is -0.319. The number of benzene rings is 1. The number of amides is 1. The molecule has 534 valence electrons. The standard InChI is InChI=1S/C40H71NO14.C17H19NO3.C12H26O4S/c1-15-27-40(11,48)33(44)22(5)30(43)20(3)18-38(9,47)35(55-37-32(53-28(42)16-2)26(41(12)13)17-21(4)50-37)23(6)31(24(7)36(46)52-27)54-29-19-39(10,49-14)34(45)25(8)51-29;19-17(18-10-4-1-5-11-18)7-3-2-6-14-8-9-15-16(12-14)21-13-20-15;1-2-3-4-5-6-7-8-9-10-11-12-16-17(13,14)15/h20-27,29,31-35,37,44-45,47-48H,15-19H2,1-14H3;2-3,6-9,12H,1,4-5,10-11,13H2;2-12H2,1H3,(H,13,14,15). The maximum absolute atomic E-state index is 14.2. The molecular weight excluding hydrogens is 1220 g/mol. The number of cyclic esters (lactones) is 1. The number of aliphatic hydroxyl groups excluding tert-OH is 2. The van der Waals surface area contributed by atoms with Crippen molar-refractivity contribution in [2.75, 3.05) is 47.7 Å². The van der Waals surface area contributed by atoms with Crippen LogP contribution < -0.4 is 9.47 Å². The van der Waals surface area contributed by atoms with E-state index in [1.807, 2.05) is 61.2 Å². The summed E-state index contributed by atoms with van der Waals surface area (Å²) < 4.78 is 87.2. The zero-order chi connectivity index (χ0) is 69.4. The van der Waals surface area contributed by atoms with Gasteiger partial charge >= 0.3 is 22.3 Å². The molecule has 93 heavy (non-hydrogen) atoms. The van der Waals surface area contributed by atoms with Crippen LogP contribution in [0, 0.1) is 23.7 Å². The average Bonchev–Trinajstić information content (AvgIpc) is 1.26. The van der Waals surface area contributed by atoms with Crippen molar-refractivity contribution in [3.05, 3.63) is 42.0 Å². The number of esters is 2. The highest BCUT2D eigenvalue weighted by Crippen LogP contribution is 2.42. The molecule has 18 unspecified atom stereocenters. The van der Waals surface area contributed by atoms with E-state index in [0.29, 0.717) is 12.8 Å². The van der Waals surface area contributed by atoms with E-state index in [2.05, 4.69) is 11.1 Å². The third kappa shape index (κ3) is 25.0. The molecule has 23 nitrogen and oxygen atoms in total. The number of nitrogens with zero attached hydrogens (tertiary/aromatic N) is 2. The van der Waals surface area contributed by atoms with E-state index in [4.69, 9.17) is 47.2 Å². The topological polar surface area (TPSA) is 302 Å². The van der Waals surface area contributed by atoms with Gasteiger partial charge in [0, 0.05) is 56.9 Å². The van der Waals surface area contributed by atoms with Crippen molar-refractivity contribution in [1.29, 1.82) is 0 Å². The summed E-state index contributed by atoms with van der Waals surface area (Å²) in [4.78, 5) is 56.7. The zero-order valence-corrected chi connectivity index (χ0v) is 59.1.